The van der Waals surface area contributed by atoms with Crippen LogP contribution in [0.4, 0.5) is 0 Å². The number of aliphatic hydroxyl groups is 1. The Kier molecular flexibility index (Phi) is 46.0. The monoisotopic (exact) mass is 807 g/mol. The molecule has 0 aliphatic carbocycles. The molecule has 0 rings (SSSR count). The molecule has 1 atom stereocenters. The van der Waals surface area contributed by atoms with Crippen molar-refractivity contribution >= 4 is 11.9 Å². The summed E-state index contributed by atoms with van der Waals surface area (Å²) in [5.74, 6) is -0.631. The number of esters is 2. The van der Waals surface area contributed by atoms with Crippen molar-refractivity contribution in [3.05, 3.63) is 85.1 Å². The van der Waals surface area contributed by atoms with Crippen LogP contribution in [0.5, 0.6) is 0 Å². The minimum atomic E-state index is -0.794. The molecule has 0 saturated carbocycles. The second-order valence-electron chi connectivity index (χ2n) is 15.8. The molecule has 1 unspecified atom stereocenters. The molecule has 0 saturated heterocycles. The first-order valence-corrected chi connectivity index (χ1v) is 24.1. The van der Waals surface area contributed by atoms with Gasteiger partial charge in [-0.1, -0.05) is 202 Å². The van der Waals surface area contributed by atoms with E-state index in [1.54, 1.807) is 0 Å². The maximum Gasteiger partial charge on any atom is 0.306 e. The predicted molar refractivity (Wildman–Crippen MR) is 251 cm³/mol. The number of hydrogen-bond donors (Lipinski definition) is 1. The normalized spacial score (nSPS) is 12.9. The van der Waals surface area contributed by atoms with Crippen LogP contribution in [0.2, 0.25) is 0 Å². The molecular formula is C53H90O5. The molecule has 0 spiro atoms. The Balaban J connectivity index is 3.57. The maximum atomic E-state index is 12.2. The molecular weight excluding hydrogens is 717 g/mol. The summed E-state index contributed by atoms with van der Waals surface area (Å²) in [6.45, 7) is 3.99. The molecule has 58 heavy (non-hydrogen) atoms. The van der Waals surface area contributed by atoms with Crippen molar-refractivity contribution in [2.24, 2.45) is 0 Å². The molecule has 0 aromatic carbocycles. The third kappa shape index (κ3) is 45.8. The SMILES string of the molecule is CC/C=C\C/C=C\C/C=C\C/C=C\C/C=C\CCCCCC(=O)OC(CO)COC(=O)CCCCCCCCCCCCCCC/C=C\C/C=C\CCCCCCC. The molecule has 0 aliphatic heterocycles. The summed E-state index contributed by atoms with van der Waals surface area (Å²) < 4.78 is 10.6. The van der Waals surface area contributed by atoms with E-state index in [0.29, 0.717) is 12.8 Å². The summed E-state index contributed by atoms with van der Waals surface area (Å²) in [7, 11) is 0. The molecule has 0 bridgehead atoms. The molecule has 5 nitrogen and oxygen atoms in total. The van der Waals surface area contributed by atoms with Crippen LogP contribution in [-0.2, 0) is 19.1 Å². The van der Waals surface area contributed by atoms with Crippen LogP contribution in [0.3, 0.4) is 0 Å². The van der Waals surface area contributed by atoms with Crippen LogP contribution >= 0.6 is 0 Å². The van der Waals surface area contributed by atoms with Crippen LogP contribution < -0.4 is 0 Å². The van der Waals surface area contributed by atoms with E-state index in [1.807, 2.05) is 0 Å². The number of unbranched alkanes of at least 4 members (excludes halogenated alkanes) is 21. The van der Waals surface area contributed by atoms with Gasteiger partial charge in [-0.2, -0.15) is 0 Å². The lowest BCUT2D eigenvalue weighted by molar-refractivity contribution is -0.161. The van der Waals surface area contributed by atoms with Crippen molar-refractivity contribution in [3.63, 3.8) is 0 Å². The summed E-state index contributed by atoms with van der Waals surface area (Å²) in [6, 6.07) is 0. The molecule has 1 N–H and O–H groups in total. The van der Waals surface area contributed by atoms with Gasteiger partial charge in [0, 0.05) is 12.8 Å². The van der Waals surface area contributed by atoms with E-state index >= 15 is 0 Å². The fraction of sp³-hybridized carbons (Fsp3) is 0.698. The highest BCUT2D eigenvalue weighted by Gasteiger charge is 2.16. The van der Waals surface area contributed by atoms with E-state index < -0.39 is 6.10 Å². The summed E-state index contributed by atoms with van der Waals surface area (Å²) in [4.78, 5) is 24.4. The second-order valence-corrected chi connectivity index (χ2v) is 15.8. The van der Waals surface area contributed by atoms with Gasteiger partial charge in [-0.25, -0.2) is 0 Å². The molecule has 332 valence electrons. The van der Waals surface area contributed by atoms with Gasteiger partial charge >= 0.3 is 11.9 Å². The van der Waals surface area contributed by atoms with Crippen LogP contribution in [0.15, 0.2) is 85.1 Å². The molecule has 0 amide bonds. The van der Waals surface area contributed by atoms with Crippen LogP contribution in [0, 0.1) is 0 Å². The lowest BCUT2D eigenvalue weighted by Crippen LogP contribution is -2.28. The smallest absolute Gasteiger partial charge is 0.306 e. The number of rotatable bonds is 43. The Bertz CT molecular complexity index is 1090. The van der Waals surface area contributed by atoms with E-state index in [4.69, 9.17) is 9.47 Å². The number of carbonyl (C=O) groups is 2. The Morgan fingerprint density at radius 2 is 0.741 bits per heavy atom. The lowest BCUT2D eigenvalue weighted by Gasteiger charge is -2.15. The number of hydrogen-bond acceptors (Lipinski definition) is 5. The minimum Gasteiger partial charge on any atom is -0.462 e. The van der Waals surface area contributed by atoms with Crippen molar-refractivity contribution in [1.82, 2.24) is 0 Å². The Labute approximate surface area is 358 Å². The van der Waals surface area contributed by atoms with Crippen molar-refractivity contribution in [3.8, 4) is 0 Å². The number of allylic oxidation sites excluding steroid dienone is 14. The Morgan fingerprint density at radius 3 is 1.14 bits per heavy atom. The highest BCUT2D eigenvalue weighted by molar-refractivity contribution is 5.70. The first-order chi connectivity index (χ1) is 28.6. The minimum absolute atomic E-state index is 0.0834. The molecule has 0 heterocycles. The predicted octanol–water partition coefficient (Wildman–Crippen LogP) is 15.9. The quantitative estimate of drug-likeness (QED) is 0.0377. The van der Waals surface area contributed by atoms with Gasteiger partial charge in [0.1, 0.15) is 6.61 Å². The average molecular weight is 807 g/mol. The van der Waals surface area contributed by atoms with Gasteiger partial charge in [0.15, 0.2) is 6.10 Å². The number of carbonyl (C=O) groups excluding carboxylic acids is 2. The molecule has 0 aromatic heterocycles. The zero-order valence-electron chi connectivity index (χ0n) is 37.8. The van der Waals surface area contributed by atoms with Crippen LogP contribution in [-0.4, -0.2) is 36.4 Å². The standard InChI is InChI=1S/C53H90O5/c1-3-5-7-9-11-13-15-17-19-21-23-24-25-26-27-28-30-31-33-35-37-39-41-43-45-47-52(55)57-50-51(49-54)58-53(56)48-46-44-42-40-38-36-34-32-29-22-20-18-16-14-12-10-8-6-4-2/h6,8,12,14-15,17-18,20-21,23,29,32,36,38,51,54H,3-5,7,9-11,13,16,19,22,24-28,30-31,33-35,37,39-50H2,1-2H3/b8-6-,14-12-,17-15-,20-18-,23-21-,32-29-,38-36-. The molecule has 0 radical (unpaired) electrons. The van der Waals surface area contributed by atoms with Gasteiger partial charge in [-0.3, -0.25) is 9.59 Å². The summed E-state index contributed by atoms with van der Waals surface area (Å²) in [6.07, 6.45) is 66.7. The van der Waals surface area contributed by atoms with Crippen molar-refractivity contribution < 1.29 is 24.2 Å². The van der Waals surface area contributed by atoms with Gasteiger partial charge in [-0.05, 0) is 89.9 Å². The Hall–Kier alpha value is -2.92. The van der Waals surface area contributed by atoms with E-state index in [2.05, 4.69) is 98.9 Å². The maximum absolute atomic E-state index is 12.2. The number of ether oxygens (including phenoxy) is 2. The van der Waals surface area contributed by atoms with Gasteiger partial charge in [0.05, 0.1) is 6.61 Å². The van der Waals surface area contributed by atoms with Gasteiger partial charge < -0.3 is 14.6 Å². The molecule has 0 fully saturated rings. The zero-order chi connectivity index (χ0) is 42.1. The Morgan fingerprint density at radius 1 is 0.414 bits per heavy atom. The first-order valence-electron chi connectivity index (χ1n) is 24.1. The highest BCUT2D eigenvalue weighted by atomic mass is 16.6. The number of aliphatic hydroxyl groups excluding tert-OH is 1. The molecule has 5 heteroatoms. The highest BCUT2D eigenvalue weighted by Crippen LogP contribution is 2.14. The fourth-order valence-electron chi connectivity index (χ4n) is 6.55. The van der Waals surface area contributed by atoms with Crippen molar-refractivity contribution in [2.75, 3.05) is 13.2 Å². The van der Waals surface area contributed by atoms with Crippen LogP contribution in [0.1, 0.15) is 219 Å². The zero-order valence-corrected chi connectivity index (χ0v) is 37.8. The largest absolute Gasteiger partial charge is 0.462 e. The third-order valence-corrected chi connectivity index (χ3v) is 10.2. The topological polar surface area (TPSA) is 72.8 Å². The van der Waals surface area contributed by atoms with E-state index in [9.17, 15) is 14.7 Å². The fourth-order valence-corrected chi connectivity index (χ4v) is 6.55. The average Bonchev–Trinajstić information content (AvgIpc) is 3.23. The van der Waals surface area contributed by atoms with Crippen LogP contribution in [0.25, 0.3) is 0 Å². The summed E-state index contributed by atoms with van der Waals surface area (Å²) in [5.41, 5.74) is 0. The summed E-state index contributed by atoms with van der Waals surface area (Å²) >= 11 is 0. The lowest BCUT2D eigenvalue weighted by atomic mass is 10.0. The van der Waals surface area contributed by atoms with E-state index in [0.717, 1.165) is 83.5 Å². The summed E-state index contributed by atoms with van der Waals surface area (Å²) in [5, 5.41) is 9.60. The molecule has 0 aromatic rings. The first kappa shape index (κ1) is 55.1. The van der Waals surface area contributed by atoms with E-state index in [1.165, 1.54) is 109 Å². The van der Waals surface area contributed by atoms with Gasteiger partial charge in [0.2, 0.25) is 0 Å². The van der Waals surface area contributed by atoms with Gasteiger partial charge in [0.25, 0.3) is 0 Å². The third-order valence-electron chi connectivity index (χ3n) is 10.2. The van der Waals surface area contributed by atoms with Crippen molar-refractivity contribution in [1.29, 1.82) is 0 Å². The van der Waals surface area contributed by atoms with Crippen molar-refractivity contribution in [2.45, 2.75) is 225 Å². The van der Waals surface area contributed by atoms with E-state index in [-0.39, 0.29) is 25.2 Å². The second kappa shape index (κ2) is 48.4. The molecule has 0 aliphatic rings. The van der Waals surface area contributed by atoms with Gasteiger partial charge in [-0.15, -0.1) is 0 Å².